The van der Waals surface area contributed by atoms with Crippen molar-refractivity contribution in [1.29, 1.82) is 0 Å². The average molecular weight is 351 g/mol. The molecule has 5 rings (SSSR count). The molecule has 1 saturated heterocycles. The Morgan fingerprint density at radius 1 is 1.08 bits per heavy atom. The van der Waals surface area contributed by atoms with E-state index in [1.54, 1.807) is 31.1 Å². The van der Waals surface area contributed by atoms with Crippen LogP contribution < -0.4 is 10.2 Å². The van der Waals surface area contributed by atoms with E-state index >= 15 is 0 Å². The quantitative estimate of drug-likeness (QED) is 0.749. The van der Waals surface area contributed by atoms with Crippen molar-refractivity contribution in [3.05, 3.63) is 43.2 Å². The third-order valence-electron chi connectivity index (χ3n) is 5.70. The van der Waals surface area contributed by atoms with Crippen molar-refractivity contribution in [2.24, 2.45) is 11.8 Å². The molecule has 0 radical (unpaired) electrons. The van der Waals surface area contributed by atoms with Gasteiger partial charge in [-0.2, -0.15) is 0 Å². The minimum absolute atomic E-state index is 0.00516. The summed E-state index contributed by atoms with van der Waals surface area (Å²) in [5.74, 6) is 2.71. The lowest BCUT2D eigenvalue weighted by Gasteiger charge is -2.35. The van der Waals surface area contributed by atoms with Crippen LogP contribution in [0.15, 0.2) is 47.6 Å². The number of nitrogens with one attached hydrogen (secondary N) is 1. The van der Waals surface area contributed by atoms with Gasteiger partial charge in [0.25, 0.3) is 0 Å². The SMILES string of the molecule is O[C@@H]1C[C@H]2CN(c3nccc4occc34)C[C@H]2C[C@H]1Nc1cnccn1. The number of pyridine rings is 1. The van der Waals surface area contributed by atoms with Gasteiger partial charge in [-0.15, -0.1) is 0 Å². The third kappa shape index (κ3) is 2.68. The number of aliphatic hydroxyl groups is 1. The van der Waals surface area contributed by atoms with E-state index < -0.39 is 0 Å². The molecule has 0 aromatic carbocycles. The van der Waals surface area contributed by atoms with Gasteiger partial charge >= 0.3 is 0 Å². The van der Waals surface area contributed by atoms with Gasteiger partial charge in [0.1, 0.15) is 17.2 Å². The first-order chi connectivity index (χ1) is 12.8. The van der Waals surface area contributed by atoms with Crippen LogP contribution in [0.25, 0.3) is 11.0 Å². The molecular weight excluding hydrogens is 330 g/mol. The molecule has 2 N–H and O–H groups in total. The molecule has 7 nitrogen and oxygen atoms in total. The van der Waals surface area contributed by atoms with Gasteiger partial charge in [-0.1, -0.05) is 0 Å². The van der Waals surface area contributed by atoms with E-state index in [1.807, 2.05) is 12.1 Å². The van der Waals surface area contributed by atoms with E-state index in [0.717, 1.165) is 48.5 Å². The van der Waals surface area contributed by atoms with Gasteiger partial charge in [0.2, 0.25) is 0 Å². The molecule has 1 aliphatic heterocycles. The summed E-state index contributed by atoms with van der Waals surface area (Å²) in [6, 6.07) is 3.88. The van der Waals surface area contributed by atoms with Crippen molar-refractivity contribution in [2.75, 3.05) is 23.3 Å². The summed E-state index contributed by atoms with van der Waals surface area (Å²) < 4.78 is 5.51. The average Bonchev–Trinajstić information content (AvgIpc) is 3.29. The van der Waals surface area contributed by atoms with Crippen molar-refractivity contribution < 1.29 is 9.52 Å². The summed E-state index contributed by atoms with van der Waals surface area (Å²) in [4.78, 5) is 15.3. The van der Waals surface area contributed by atoms with Crippen LogP contribution in [0.1, 0.15) is 12.8 Å². The second-order valence-corrected chi connectivity index (χ2v) is 7.27. The Morgan fingerprint density at radius 2 is 1.96 bits per heavy atom. The number of furan rings is 1. The molecule has 3 aromatic heterocycles. The van der Waals surface area contributed by atoms with Crippen LogP contribution in [-0.2, 0) is 0 Å². The van der Waals surface area contributed by atoms with Gasteiger partial charge in [-0.3, -0.25) is 4.98 Å². The largest absolute Gasteiger partial charge is 0.464 e. The smallest absolute Gasteiger partial charge is 0.144 e. The number of nitrogens with zero attached hydrogens (tertiary/aromatic N) is 4. The molecule has 2 aliphatic rings. The molecule has 0 unspecified atom stereocenters. The number of aromatic nitrogens is 3. The van der Waals surface area contributed by atoms with E-state index in [0.29, 0.717) is 11.8 Å². The minimum atomic E-state index is -0.379. The molecule has 1 saturated carbocycles. The topological polar surface area (TPSA) is 87.3 Å². The molecule has 134 valence electrons. The summed E-state index contributed by atoms with van der Waals surface area (Å²) in [5, 5.41) is 15.0. The lowest BCUT2D eigenvalue weighted by molar-refractivity contribution is 0.0737. The normalized spacial score (nSPS) is 28.3. The highest BCUT2D eigenvalue weighted by atomic mass is 16.3. The Labute approximate surface area is 151 Å². The van der Waals surface area contributed by atoms with E-state index in [9.17, 15) is 5.11 Å². The number of fused-ring (bicyclic) bond motifs is 2. The fraction of sp³-hybridized carbons (Fsp3) is 0.421. The first kappa shape index (κ1) is 15.6. The van der Waals surface area contributed by atoms with Crippen molar-refractivity contribution in [1.82, 2.24) is 15.0 Å². The number of hydrogen-bond donors (Lipinski definition) is 2. The maximum absolute atomic E-state index is 10.6. The van der Waals surface area contributed by atoms with Crippen LogP contribution in [-0.4, -0.2) is 45.3 Å². The van der Waals surface area contributed by atoms with Crippen LogP contribution in [0, 0.1) is 11.8 Å². The summed E-state index contributed by atoms with van der Waals surface area (Å²) in [5.41, 5.74) is 0.868. The molecule has 2 fully saturated rings. The van der Waals surface area contributed by atoms with Gasteiger partial charge in [0, 0.05) is 31.7 Å². The summed E-state index contributed by atoms with van der Waals surface area (Å²) >= 11 is 0. The van der Waals surface area contributed by atoms with Gasteiger partial charge in [-0.05, 0) is 36.8 Å². The summed E-state index contributed by atoms with van der Waals surface area (Å²) in [6.07, 6.45) is 9.85. The van der Waals surface area contributed by atoms with Crippen LogP contribution in [0.4, 0.5) is 11.6 Å². The van der Waals surface area contributed by atoms with Crippen molar-refractivity contribution >= 4 is 22.6 Å². The van der Waals surface area contributed by atoms with Crippen LogP contribution in [0.2, 0.25) is 0 Å². The number of hydrogen-bond acceptors (Lipinski definition) is 7. The van der Waals surface area contributed by atoms with Crippen LogP contribution >= 0.6 is 0 Å². The monoisotopic (exact) mass is 351 g/mol. The lowest BCUT2D eigenvalue weighted by Crippen LogP contribution is -2.43. The van der Waals surface area contributed by atoms with E-state index in [4.69, 9.17) is 4.42 Å². The van der Waals surface area contributed by atoms with E-state index in [-0.39, 0.29) is 12.1 Å². The zero-order chi connectivity index (χ0) is 17.5. The molecular formula is C19H21N5O2. The Bertz CT molecular complexity index is 899. The fourth-order valence-electron chi connectivity index (χ4n) is 4.45. The predicted octanol–water partition coefficient (Wildman–Crippen LogP) is 2.31. The third-order valence-corrected chi connectivity index (χ3v) is 5.70. The molecule has 7 heteroatoms. The molecule has 4 heterocycles. The number of aliphatic hydroxyl groups excluding tert-OH is 1. The Hall–Kier alpha value is -2.67. The van der Waals surface area contributed by atoms with Gasteiger partial charge in [0.05, 0.1) is 30.0 Å². The molecule has 1 aliphatic carbocycles. The molecule has 3 aromatic rings. The number of rotatable bonds is 3. The highest BCUT2D eigenvalue weighted by Gasteiger charge is 2.42. The molecule has 0 amide bonds. The second kappa shape index (κ2) is 6.25. The standard InChI is InChI=1S/C19H21N5O2/c25-16-8-13-11-24(19-14-2-6-26-17(14)1-3-22-19)10-12(13)7-15(16)23-18-9-20-4-5-21-18/h1-6,9,12-13,15-16,25H,7-8,10-11H2,(H,21,23)/t12-,13+,15-,16-/m1/s1. The van der Waals surface area contributed by atoms with Crippen molar-refractivity contribution in [2.45, 2.75) is 25.0 Å². The minimum Gasteiger partial charge on any atom is -0.464 e. The second-order valence-electron chi connectivity index (χ2n) is 7.27. The van der Waals surface area contributed by atoms with E-state index in [1.165, 1.54) is 0 Å². The number of anilines is 2. The highest BCUT2D eigenvalue weighted by Crippen LogP contribution is 2.40. The highest BCUT2D eigenvalue weighted by molar-refractivity contribution is 5.88. The first-order valence-corrected chi connectivity index (χ1v) is 9.05. The molecule has 4 atom stereocenters. The zero-order valence-electron chi connectivity index (χ0n) is 14.3. The zero-order valence-corrected chi connectivity index (χ0v) is 14.3. The predicted molar refractivity (Wildman–Crippen MR) is 97.9 cm³/mol. The lowest BCUT2D eigenvalue weighted by atomic mass is 9.77. The fourth-order valence-corrected chi connectivity index (χ4v) is 4.45. The molecule has 0 spiro atoms. The van der Waals surface area contributed by atoms with Crippen LogP contribution in [0.3, 0.4) is 0 Å². The van der Waals surface area contributed by atoms with Gasteiger partial charge in [0.15, 0.2) is 0 Å². The van der Waals surface area contributed by atoms with Crippen molar-refractivity contribution in [3.8, 4) is 0 Å². The van der Waals surface area contributed by atoms with E-state index in [2.05, 4.69) is 25.2 Å². The summed E-state index contributed by atoms with van der Waals surface area (Å²) in [7, 11) is 0. The first-order valence-electron chi connectivity index (χ1n) is 9.05. The van der Waals surface area contributed by atoms with Crippen LogP contribution in [0.5, 0.6) is 0 Å². The molecule has 26 heavy (non-hydrogen) atoms. The Morgan fingerprint density at radius 3 is 2.81 bits per heavy atom. The Kier molecular flexibility index (Phi) is 3.74. The maximum Gasteiger partial charge on any atom is 0.144 e. The van der Waals surface area contributed by atoms with Gasteiger partial charge < -0.3 is 19.7 Å². The summed E-state index contributed by atoms with van der Waals surface area (Å²) in [6.45, 7) is 1.88. The van der Waals surface area contributed by atoms with Crippen molar-refractivity contribution in [3.63, 3.8) is 0 Å². The maximum atomic E-state index is 10.6. The Balaban J connectivity index is 1.34. The molecule has 0 bridgehead atoms. The van der Waals surface area contributed by atoms with Gasteiger partial charge in [-0.25, -0.2) is 9.97 Å².